The molecule has 1 aliphatic carbocycles. The predicted molar refractivity (Wildman–Crippen MR) is 38.6 cm³/mol. The van der Waals surface area contributed by atoms with Gasteiger partial charge in [-0.1, -0.05) is 5.16 Å². The Balaban J connectivity index is 2.16. The topological polar surface area (TPSA) is 21.6 Å². The van der Waals surface area contributed by atoms with E-state index in [1.165, 1.54) is 19.3 Å². The number of fused-ring (bicyclic) bond motifs is 1. The van der Waals surface area contributed by atoms with E-state index in [-0.39, 0.29) is 0 Å². The number of rotatable bonds is 0. The highest BCUT2D eigenvalue weighted by Gasteiger charge is 2.36. The van der Waals surface area contributed by atoms with E-state index < -0.39 is 0 Å². The maximum absolute atomic E-state index is 5.13. The summed E-state index contributed by atoms with van der Waals surface area (Å²) in [4.78, 5) is 5.13. The lowest BCUT2D eigenvalue weighted by atomic mass is 10.1. The van der Waals surface area contributed by atoms with Crippen LogP contribution in [0.3, 0.4) is 0 Å². The van der Waals surface area contributed by atoms with E-state index >= 15 is 0 Å². The van der Waals surface area contributed by atoms with Crippen molar-refractivity contribution in [2.45, 2.75) is 25.4 Å². The molecule has 2 nitrogen and oxygen atoms in total. The van der Waals surface area contributed by atoms with E-state index in [9.17, 15) is 0 Å². The lowest BCUT2D eigenvalue weighted by molar-refractivity contribution is 0.0746. The third-order valence-electron chi connectivity index (χ3n) is 2.03. The summed E-state index contributed by atoms with van der Waals surface area (Å²) in [6.45, 7) is 0. The maximum Gasteiger partial charge on any atom is 0.136 e. The molecule has 0 aromatic carbocycles. The number of hydrogen-bond donors (Lipinski definition) is 0. The Bertz CT molecular complexity index is 157. The molecule has 0 amide bonds. The number of oxime groups is 1. The smallest absolute Gasteiger partial charge is 0.136 e. The molecule has 9 heavy (non-hydrogen) atoms. The van der Waals surface area contributed by atoms with Crippen molar-refractivity contribution in [1.29, 1.82) is 0 Å². The summed E-state index contributed by atoms with van der Waals surface area (Å²) >= 11 is 3.37. The molecule has 0 N–H and O–H groups in total. The van der Waals surface area contributed by atoms with Crippen LogP contribution >= 0.6 is 15.9 Å². The molecule has 1 saturated carbocycles. The van der Waals surface area contributed by atoms with Gasteiger partial charge in [0.2, 0.25) is 0 Å². The van der Waals surface area contributed by atoms with Crippen LogP contribution in [0.2, 0.25) is 0 Å². The van der Waals surface area contributed by atoms with Crippen molar-refractivity contribution in [2.24, 2.45) is 11.1 Å². The lowest BCUT2D eigenvalue weighted by Gasteiger charge is -2.03. The van der Waals surface area contributed by atoms with Crippen molar-refractivity contribution >= 4 is 20.6 Å². The zero-order valence-corrected chi connectivity index (χ0v) is 6.60. The minimum absolute atomic E-state index is 0.402. The molecule has 0 spiro atoms. The van der Waals surface area contributed by atoms with Gasteiger partial charge in [0, 0.05) is 0 Å². The van der Waals surface area contributed by atoms with E-state index in [1.54, 1.807) is 0 Å². The Morgan fingerprint density at radius 1 is 1.56 bits per heavy atom. The highest BCUT2D eigenvalue weighted by Crippen LogP contribution is 2.35. The number of halogens is 1. The number of hydrogen-bond acceptors (Lipinski definition) is 2. The summed E-state index contributed by atoms with van der Waals surface area (Å²) < 4.78 is 1.02. The highest BCUT2D eigenvalue weighted by molar-refractivity contribution is 9.18. The van der Waals surface area contributed by atoms with E-state index in [0.717, 1.165) is 4.62 Å². The molecule has 2 atom stereocenters. The van der Waals surface area contributed by atoms with Crippen molar-refractivity contribution < 1.29 is 4.84 Å². The largest absolute Gasteiger partial charge is 0.391 e. The van der Waals surface area contributed by atoms with Crippen LogP contribution in [0.15, 0.2) is 5.16 Å². The molecule has 0 aromatic rings. The van der Waals surface area contributed by atoms with Crippen LogP contribution in [0.25, 0.3) is 0 Å². The Hall–Kier alpha value is -0.0500. The SMILES string of the molecule is BrC1=NO[C@@H]2CCC[C@H]12. The molecule has 3 heteroatoms. The fourth-order valence-corrected chi connectivity index (χ4v) is 2.12. The predicted octanol–water partition coefficient (Wildman–Crippen LogP) is 1.89. The second-order valence-corrected chi connectivity index (χ2v) is 3.41. The van der Waals surface area contributed by atoms with Gasteiger partial charge in [-0.2, -0.15) is 0 Å². The summed E-state index contributed by atoms with van der Waals surface area (Å²) in [6, 6.07) is 0. The van der Waals surface area contributed by atoms with Gasteiger partial charge in [-0.15, -0.1) is 0 Å². The van der Waals surface area contributed by atoms with Crippen LogP contribution in [0.5, 0.6) is 0 Å². The van der Waals surface area contributed by atoms with Crippen molar-refractivity contribution in [2.75, 3.05) is 0 Å². The maximum atomic E-state index is 5.13. The Kier molecular flexibility index (Phi) is 1.25. The summed E-state index contributed by atoms with van der Waals surface area (Å²) in [5.41, 5.74) is 0. The molecule has 0 radical (unpaired) electrons. The summed E-state index contributed by atoms with van der Waals surface area (Å²) in [6.07, 6.45) is 4.12. The molecule has 1 heterocycles. The number of nitrogens with zero attached hydrogens (tertiary/aromatic N) is 1. The highest BCUT2D eigenvalue weighted by atomic mass is 79.9. The van der Waals surface area contributed by atoms with Gasteiger partial charge in [0.15, 0.2) is 0 Å². The van der Waals surface area contributed by atoms with Gasteiger partial charge in [-0.3, -0.25) is 0 Å². The molecule has 2 aliphatic rings. The van der Waals surface area contributed by atoms with Gasteiger partial charge >= 0.3 is 0 Å². The Labute approximate surface area is 62.4 Å². The second-order valence-electron chi connectivity index (χ2n) is 2.60. The van der Waals surface area contributed by atoms with Gasteiger partial charge in [-0.25, -0.2) is 0 Å². The molecule has 0 unspecified atom stereocenters. The van der Waals surface area contributed by atoms with Crippen molar-refractivity contribution in [3.05, 3.63) is 0 Å². The normalized spacial score (nSPS) is 39.9. The first-order chi connectivity index (χ1) is 4.38. The van der Waals surface area contributed by atoms with Crippen LogP contribution in [0, 0.1) is 5.92 Å². The lowest BCUT2D eigenvalue weighted by Crippen LogP contribution is -2.12. The average Bonchev–Trinajstić information content (AvgIpc) is 2.35. The third-order valence-corrected chi connectivity index (χ3v) is 2.77. The molecule has 0 saturated heterocycles. The molecule has 50 valence electrons. The average molecular weight is 190 g/mol. The fraction of sp³-hybridized carbons (Fsp3) is 0.833. The fourth-order valence-electron chi connectivity index (χ4n) is 1.51. The van der Waals surface area contributed by atoms with Crippen LogP contribution in [-0.2, 0) is 4.84 Å². The van der Waals surface area contributed by atoms with Crippen LogP contribution in [0.1, 0.15) is 19.3 Å². The zero-order valence-electron chi connectivity index (χ0n) is 5.01. The first-order valence-corrected chi connectivity index (χ1v) is 4.06. The standard InChI is InChI=1S/C6H8BrNO/c7-6-4-2-1-3-5(4)9-8-6/h4-5H,1-3H2/t4-,5+/m0/s1. The first-order valence-electron chi connectivity index (χ1n) is 3.27. The zero-order chi connectivity index (χ0) is 6.27. The van der Waals surface area contributed by atoms with Gasteiger partial charge in [-0.05, 0) is 35.2 Å². The van der Waals surface area contributed by atoms with Crippen LogP contribution in [0.4, 0.5) is 0 Å². The van der Waals surface area contributed by atoms with E-state index in [0.29, 0.717) is 12.0 Å². The minimum atomic E-state index is 0.402. The molecule has 0 aromatic heterocycles. The Morgan fingerprint density at radius 3 is 3.22 bits per heavy atom. The van der Waals surface area contributed by atoms with E-state index in [4.69, 9.17) is 4.84 Å². The van der Waals surface area contributed by atoms with Crippen LogP contribution in [-0.4, -0.2) is 10.7 Å². The summed E-state index contributed by atoms with van der Waals surface area (Å²) in [5, 5.41) is 3.85. The van der Waals surface area contributed by atoms with Crippen molar-refractivity contribution in [3.63, 3.8) is 0 Å². The summed E-state index contributed by atoms with van der Waals surface area (Å²) in [5.74, 6) is 0.588. The minimum Gasteiger partial charge on any atom is -0.391 e. The van der Waals surface area contributed by atoms with E-state index in [1.807, 2.05) is 0 Å². The second kappa shape index (κ2) is 1.97. The molecule has 0 bridgehead atoms. The molecule has 2 rings (SSSR count). The van der Waals surface area contributed by atoms with E-state index in [2.05, 4.69) is 21.1 Å². The van der Waals surface area contributed by atoms with Gasteiger partial charge in [0.25, 0.3) is 0 Å². The van der Waals surface area contributed by atoms with Crippen LogP contribution < -0.4 is 0 Å². The Morgan fingerprint density at radius 2 is 2.44 bits per heavy atom. The quantitative estimate of drug-likeness (QED) is 0.571. The molecular formula is C6H8BrNO. The molecule has 1 aliphatic heterocycles. The summed E-state index contributed by atoms with van der Waals surface area (Å²) in [7, 11) is 0. The molecular weight excluding hydrogens is 182 g/mol. The first kappa shape index (κ1) is 5.71. The molecule has 1 fully saturated rings. The monoisotopic (exact) mass is 189 g/mol. The van der Waals surface area contributed by atoms with Gasteiger partial charge in [0.05, 0.1) is 5.92 Å². The third kappa shape index (κ3) is 0.784. The van der Waals surface area contributed by atoms with Gasteiger partial charge < -0.3 is 4.84 Å². The van der Waals surface area contributed by atoms with Crippen molar-refractivity contribution in [3.8, 4) is 0 Å². The van der Waals surface area contributed by atoms with Gasteiger partial charge in [0.1, 0.15) is 10.7 Å². The van der Waals surface area contributed by atoms with Crippen molar-refractivity contribution in [1.82, 2.24) is 0 Å².